The second-order valence-electron chi connectivity index (χ2n) is 5.78. The van der Waals surface area contributed by atoms with Crippen molar-refractivity contribution in [3.05, 3.63) is 18.2 Å². The van der Waals surface area contributed by atoms with Gasteiger partial charge < -0.3 is 19.7 Å². The third kappa shape index (κ3) is 6.18. The molecule has 0 aliphatic heterocycles. The third-order valence-corrected chi connectivity index (χ3v) is 5.33. The summed E-state index contributed by atoms with van der Waals surface area (Å²) in [5.41, 5.74) is 0. The lowest BCUT2D eigenvalue weighted by molar-refractivity contribution is -0.121. The number of benzene rings is 1. The molecule has 9 heteroatoms. The number of amides is 1. The van der Waals surface area contributed by atoms with Gasteiger partial charge in [0, 0.05) is 19.7 Å². The minimum atomic E-state index is -3.81. The summed E-state index contributed by atoms with van der Waals surface area (Å²) < 4.78 is 36.4. The fourth-order valence-electron chi connectivity index (χ4n) is 2.12. The average molecular weight is 373 g/mol. The molecule has 1 aromatic carbocycles. The van der Waals surface area contributed by atoms with E-state index in [1.807, 2.05) is 19.0 Å². The molecule has 0 unspecified atom stereocenters. The summed E-state index contributed by atoms with van der Waals surface area (Å²) in [5.74, 6) is 0.401. The van der Waals surface area contributed by atoms with E-state index in [0.29, 0.717) is 18.0 Å². The van der Waals surface area contributed by atoms with Gasteiger partial charge in [0.2, 0.25) is 15.9 Å². The molecule has 1 rings (SSSR count). The van der Waals surface area contributed by atoms with Crippen LogP contribution in [0.3, 0.4) is 0 Å². The number of likely N-dealkylation sites (N-methyl/N-ethyl adjacent to an activating group) is 1. The van der Waals surface area contributed by atoms with Gasteiger partial charge in [-0.25, -0.2) is 8.42 Å². The van der Waals surface area contributed by atoms with E-state index >= 15 is 0 Å². The molecule has 0 spiro atoms. The van der Waals surface area contributed by atoms with Crippen LogP contribution in [0.15, 0.2) is 23.1 Å². The zero-order chi connectivity index (χ0) is 19.0. The normalized spacial score (nSPS) is 11.6. The standard InChI is InChI=1S/C16H27N3O5S/c1-18(2)10-6-9-17-16(20)12-19(3)25(21,22)13-7-8-14(23-4)15(11-13)24-5/h7-8,11H,6,9-10,12H2,1-5H3,(H,17,20). The van der Waals surface area contributed by atoms with Crippen LogP contribution in [0.2, 0.25) is 0 Å². The molecule has 0 atom stereocenters. The molecule has 142 valence electrons. The number of carbonyl (C=O) groups is 1. The van der Waals surface area contributed by atoms with Crippen LogP contribution < -0.4 is 14.8 Å². The third-order valence-electron chi connectivity index (χ3n) is 3.53. The van der Waals surface area contributed by atoms with E-state index in [-0.39, 0.29) is 17.3 Å². The Bertz CT molecular complexity index is 676. The molecule has 0 bridgehead atoms. The highest BCUT2D eigenvalue weighted by Crippen LogP contribution is 2.30. The smallest absolute Gasteiger partial charge is 0.243 e. The molecule has 1 amide bonds. The van der Waals surface area contributed by atoms with Crippen LogP contribution >= 0.6 is 0 Å². The summed E-state index contributed by atoms with van der Waals surface area (Å²) in [4.78, 5) is 14.0. The first-order valence-corrected chi connectivity index (χ1v) is 9.26. The van der Waals surface area contributed by atoms with E-state index in [1.165, 1.54) is 39.5 Å². The van der Waals surface area contributed by atoms with Crippen LogP contribution in [0.4, 0.5) is 0 Å². The lowest BCUT2D eigenvalue weighted by atomic mass is 10.3. The molecular formula is C16H27N3O5S. The number of rotatable bonds is 10. The fraction of sp³-hybridized carbons (Fsp3) is 0.562. The van der Waals surface area contributed by atoms with Gasteiger partial charge in [-0.1, -0.05) is 0 Å². The van der Waals surface area contributed by atoms with Crippen LogP contribution in [0.5, 0.6) is 11.5 Å². The number of hydrogen-bond donors (Lipinski definition) is 1. The highest BCUT2D eigenvalue weighted by Gasteiger charge is 2.24. The minimum absolute atomic E-state index is 0.0352. The SMILES string of the molecule is COc1ccc(S(=O)(=O)N(C)CC(=O)NCCCN(C)C)cc1OC. The molecule has 8 nitrogen and oxygen atoms in total. The molecule has 0 heterocycles. The molecule has 0 saturated carbocycles. The molecule has 1 aromatic rings. The first-order chi connectivity index (χ1) is 11.7. The zero-order valence-corrected chi connectivity index (χ0v) is 16.2. The van der Waals surface area contributed by atoms with E-state index in [0.717, 1.165) is 17.3 Å². The number of nitrogens with zero attached hydrogens (tertiary/aromatic N) is 2. The van der Waals surface area contributed by atoms with Crippen LogP contribution in [0.25, 0.3) is 0 Å². The summed E-state index contributed by atoms with van der Waals surface area (Å²) in [5, 5.41) is 2.72. The largest absolute Gasteiger partial charge is 0.493 e. The number of carbonyl (C=O) groups excluding carboxylic acids is 1. The van der Waals surface area contributed by atoms with Gasteiger partial charge >= 0.3 is 0 Å². The maximum atomic E-state index is 12.6. The summed E-state index contributed by atoms with van der Waals surface area (Å²) >= 11 is 0. The summed E-state index contributed by atoms with van der Waals surface area (Å²) in [7, 11) is 4.36. The first-order valence-electron chi connectivity index (χ1n) is 7.82. The lowest BCUT2D eigenvalue weighted by Gasteiger charge is -2.18. The lowest BCUT2D eigenvalue weighted by Crippen LogP contribution is -2.39. The zero-order valence-electron chi connectivity index (χ0n) is 15.4. The van der Waals surface area contributed by atoms with Crippen molar-refractivity contribution in [2.45, 2.75) is 11.3 Å². The van der Waals surface area contributed by atoms with Crippen LogP contribution in [-0.2, 0) is 14.8 Å². The van der Waals surface area contributed by atoms with E-state index in [1.54, 1.807) is 0 Å². The van der Waals surface area contributed by atoms with Gasteiger partial charge in [-0.05, 0) is 39.2 Å². The highest BCUT2D eigenvalue weighted by molar-refractivity contribution is 7.89. The van der Waals surface area contributed by atoms with Gasteiger partial charge in [-0.15, -0.1) is 0 Å². The molecule has 1 N–H and O–H groups in total. The van der Waals surface area contributed by atoms with E-state index in [2.05, 4.69) is 5.32 Å². The van der Waals surface area contributed by atoms with Crippen molar-refractivity contribution in [1.29, 1.82) is 0 Å². The van der Waals surface area contributed by atoms with Gasteiger partial charge in [-0.2, -0.15) is 4.31 Å². The molecule has 0 saturated heterocycles. The predicted molar refractivity (Wildman–Crippen MR) is 95.5 cm³/mol. The van der Waals surface area contributed by atoms with Crippen molar-refractivity contribution in [2.24, 2.45) is 0 Å². The fourth-order valence-corrected chi connectivity index (χ4v) is 3.27. The van der Waals surface area contributed by atoms with E-state index in [9.17, 15) is 13.2 Å². The van der Waals surface area contributed by atoms with Crippen molar-refractivity contribution in [3.63, 3.8) is 0 Å². The number of hydrogen-bond acceptors (Lipinski definition) is 6. The van der Waals surface area contributed by atoms with Crippen molar-refractivity contribution >= 4 is 15.9 Å². The van der Waals surface area contributed by atoms with Crippen molar-refractivity contribution in [1.82, 2.24) is 14.5 Å². The summed E-state index contributed by atoms with van der Waals surface area (Å²) in [6.07, 6.45) is 0.797. The maximum Gasteiger partial charge on any atom is 0.243 e. The molecule has 0 aromatic heterocycles. The monoisotopic (exact) mass is 373 g/mol. The Hall–Kier alpha value is -1.84. The van der Waals surface area contributed by atoms with Gasteiger partial charge in [0.1, 0.15) is 0 Å². The molecular weight excluding hydrogens is 346 g/mol. The molecule has 0 aliphatic rings. The second-order valence-corrected chi connectivity index (χ2v) is 7.83. The number of methoxy groups -OCH3 is 2. The molecule has 0 aliphatic carbocycles. The van der Waals surface area contributed by atoms with Crippen molar-refractivity contribution in [2.75, 3.05) is 55.0 Å². The number of ether oxygens (including phenoxy) is 2. The first kappa shape index (κ1) is 21.2. The van der Waals surface area contributed by atoms with Gasteiger partial charge in [0.05, 0.1) is 25.7 Å². The minimum Gasteiger partial charge on any atom is -0.493 e. The Morgan fingerprint density at radius 1 is 1.12 bits per heavy atom. The van der Waals surface area contributed by atoms with Gasteiger partial charge in [-0.3, -0.25) is 4.79 Å². The van der Waals surface area contributed by atoms with Crippen LogP contribution in [0, 0.1) is 0 Å². The Morgan fingerprint density at radius 2 is 1.76 bits per heavy atom. The number of nitrogens with one attached hydrogen (secondary N) is 1. The molecule has 0 radical (unpaired) electrons. The van der Waals surface area contributed by atoms with Crippen LogP contribution in [-0.4, -0.2) is 78.5 Å². The van der Waals surface area contributed by atoms with Gasteiger partial charge in [0.25, 0.3) is 0 Å². The Morgan fingerprint density at radius 3 is 2.32 bits per heavy atom. The Balaban J connectivity index is 2.73. The van der Waals surface area contributed by atoms with Crippen molar-refractivity contribution < 1.29 is 22.7 Å². The average Bonchev–Trinajstić information content (AvgIpc) is 2.57. The molecule has 25 heavy (non-hydrogen) atoms. The van der Waals surface area contributed by atoms with Crippen molar-refractivity contribution in [3.8, 4) is 11.5 Å². The Kier molecular flexibility index (Phi) is 8.14. The Labute approximate surface area is 149 Å². The van der Waals surface area contributed by atoms with Crippen LogP contribution in [0.1, 0.15) is 6.42 Å². The quantitative estimate of drug-likeness (QED) is 0.597. The summed E-state index contributed by atoms with van der Waals surface area (Å²) in [6.45, 7) is 1.10. The van der Waals surface area contributed by atoms with E-state index < -0.39 is 10.0 Å². The highest BCUT2D eigenvalue weighted by atomic mass is 32.2. The maximum absolute atomic E-state index is 12.6. The predicted octanol–water partition coefficient (Wildman–Crippen LogP) is 0.392. The van der Waals surface area contributed by atoms with Gasteiger partial charge in [0.15, 0.2) is 11.5 Å². The number of sulfonamides is 1. The second kappa shape index (κ2) is 9.59. The van der Waals surface area contributed by atoms with E-state index in [4.69, 9.17) is 9.47 Å². The topological polar surface area (TPSA) is 88.2 Å². The molecule has 0 fully saturated rings. The summed E-state index contributed by atoms with van der Waals surface area (Å²) in [6, 6.07) is 4.31.